The van der Waals surface area contributed by atoms with E-state index in [0.717, 1.165) is 0 Å². The zero-order valence-electron chi connectivity index (χ0n) is 12.1. The highest BCUT2D eigenvalue weighted by molar-refractivity contribution is 6.18. The molecule has 0 radical (unpaired) electrons. The van der Waals surface area contributed by atoms with Crippen molar-refractivity contribution in [3.05, 3.63) is 84.9 Å². The molecular weight excluding hydrogens is 264 g/mol. The molecule has 0 saturated heterocycles. The summed E-state index contributed by atoms with van der Waals surface area (Å²) in [6.45, 7) is 0. The molecule has 0 aromatic heterocycles. The first kappa shape index (κ1) is 11.8. The molecular formula is C22H14. The van der Waals surface area contributed by atoms with Gasteiger partial charge in [0.1, 0.15) is 0 Å². The molecule has 1 aliphatic carbocycles. The molecule has 1 aliphatic rings. The van der Waals surface area contributed by atoms with Crippen LogP contribution in [-0.2, 0) is 0 Å². The Hall–Kier alpha value is -2.86. The van der Waals surface area contributed by atoms with E-state index >= 15 is 0 Å². The highest BCUT2D eigenvalue weighted by Gasteiger charge is 2.21. The summed E-state index contributed by atoms with van der Waals surface area (Å²) in [7, 11) is 0. The van der Waals surface area contributed by atoms with Crippen LogP contribution in [0.3, 0.4) is 0 Å². The van der Waals surface area contributed by atoms with Crippen molar-refractivity contribution < 1.29 is 0 Å². The average molecular weight is 278 g/mol. The van der Waals surface area contributed by atoms with E-state index in [1.54, 1.807) is 0 Å². The van der Waals surface area contributed by atoms with Gasteiger partial charge >= 0.3 is 0 Å². The van der Waals surface area contributed by atoms with Crippen LogP contribution in [0.25, 0.3) is 44.2 Å². The number of fused-ring (bicyclic) bond motifs is 3. The average Bonchev–Trinajstić information content (AvgIpc) is 2.93. The standard InChI is InChI=1S/C22H14/c1-2-7-15(8-3-1)16-13-14-21-18-10-5-4-9-17(18)20-12-6-11-19(16)22(20)21/h1-14H. The van der Waals surface area contributed by atoms with Crippen molar-refractivity contribution in [3.8, 4) is 33.4 Å². The van der Waals surface area contributed by atoms with Gasteiger partial charge in [-0.05, 0) is 44.2 Å². The normalized spacial score (nSPS) is 11.6. The number of hydrogen-bond acceptors (Lipinski definition) is 0. The summed E-state index contributed by atoms with van der Waals surface area (Å²) in [5, 5.41) is 2.74. The van der Waals surface area contributed by atoms with Crippen LogP contribution in [0, 0.1) is 0 Å². The molecule has 4 aromatic carbocycles. The van der Waals surface area contributed by atoms with Gasteiger partial charge in [0.2, 0.25) is 0 Å². The summed E-state index contributed by atoms with van der Waals surface area (Å²) in [5.74, 6) is 0. The first-order chi connectivity index (χ1) is 10.9. The fourth-order valence-corrected chi connectivity index (χ4v) is 3.68. The van der Waals surface area contributed by atoms with E-state index in [2.05, 4.69) is 84.9 Å². The van der Waals surface area contributed by atoms with Crippen molar-refractivity contribution >= 4 is 10.8 Å². The van der Waals surface area contributed by atoms with Crippen LogP contribution >= 0.6 is 0 Å². The smallest absolute Gasteiger partial charge is 0.00201 e. The van der Waals surface area contributed by atoms with E-state index in [9.17, 15) is 0 Å². The van der Waals surface area contributed by atoms with Gasteiger partial charge in [0.25, 0.3) is 0 Å². The fraction of sp³-hybridized carbons (Fsp3) is 0. The van der Waals surface area contributed by atoms with E-state index in [4.69, 9.17) is 0 Å². The second-order valence-corrected chi connectivity index (χ2v) is 5.80. The lowest BCUT2D eigenvalue weighted by molar-refractivity contribution is 1.66. The van der Waals surface area contributed by atoms with Gasteiger partial charge in [-0.1, -0.05) is 84.9 Å². The van der Waals surface area contributed by atoms with Gasteiger partial charge < -0.3 is 0 Å². The van der Waals surface area contributed by atoms with Gasteiger partial charge in [-0.15, -0.1) is 0 Å². The molecule has 0 bridgehead atoms. The minimum absolute atomic E-state index is 1.28. The SMILES string of the molecule is c1ccc(-c2ccc3c4c(cccc24)-c2ccccc2-3)cc1. The highest BCUT2D eigenvalue weighted by Crippen LogP contribution is 2.48. The Morgan fingerprint density at radius 2 is 0.955 bits per heavy atom. The largest absolute Gasteiger partial charge is 0.0622 e. The van der Waals surface area contributed by atoms with Gasteiger partial charge in [0.05, 0.1) is 0 Å². The number of hydrogen-bond donors (Lipinski definition) is 0. The molecule has 0 saturated carbocycles. The first-order valence-electron chi connectivity index (χ1n) is 7.64. The Labute approximate surface area is 129 Å². The third-order valence-electron chi connectivity index (χ3n) is 4.63. The van der Waals surface area contributed by atoms with Crippen LogP contribution in [0.5, 0.6) is 0 Å². The molecule has 0 nitrogen and oxygen atoms in total. The van der Waals surface area contributed by atoms with Crippen molar-refractivity contribution in [2.24, 2.45) is 0 Å². The Bertz CT molecular complexity index is 981. The fourth-order valence-electron chi connectivity index (χ4n) is 3.68. The molecule has 0 heteroatoms. The summed E-state index contributed by atoms with van der Waals surface area (Å²) in [4.78, 5) is 0. The molecule has 0 spiro atoms. The van der Waals surface area contributed by atoms with Gasteiger partial charge in [-0.3, -0.25) is 0 Å². The second-order valence-electron chi connectivity index (χ2n) is 5.80. The molecule has 0 fully saturated rings. The molecule has 0 atom stereocenters. The van der Waals surface area contributed by atoms with E-state index in [1.165, 1.54) is 44.2 Å². The van der Waals surface area contributed by atoms with E-state index < -0.39 is 0 Å². The second kappa shape index (κ2) is 4.32. The molecule has 0 amide bonds. The predicted molar refractivity (Wildman–Crippen MR) is 93.8 cm³/mol. The Morgan fingerprint density at radius 1 is 0.364 bits per heavy atom. The summed E-state index contributed by atoms with van der Waals surface area (Å²) in [6, 6.07) is 30.6. The van der Waals surface area contributed by atoms with Gasteiger partial charge in [0, 0.05) is 0 Å². The van der Waals surface area contributed by atoms with Crippen LogP contribution in [-0.4, -0.2) is 0 Å². The van der Waals surface area contributed by atoms with Crippen molar-refractivity contribution in [1.82, 2.24) is 0 Å². The number of benzene rings is 4. The van der Waals surface area contributed by atoms with Crippen molar-refractivity contribution in [3.63, 3.8) is 0 Å². The Kier molecular flexibility index (Phi) is 2.31. The maximum absolute atomic E-state index is 2.28. The molecule has 0 heterocycles. The minimum atomic E-state index is 1.28. The maximum atomic E-state index is 2.28. The monoisotopic (exact) mass is 278 g/mol. The van der Waals surface area contributed by atoms with Crippen LogP contribution in [0.4, 0.5) is 0 Å². The predicted octanol–water partition coefficient (Wildman–Crippen LogP) is 6.15. The third kappa shape index (κ3) is 1.47. The van der Waals surface area contributed by atoms with Crippen LogP contribution in [0.15, 0.2) is 84.9 Å². The van der Waals surface area contributed by atoms with Crippen LogP contribution in [0.1, 0.15) is 0 Å². The van der Waals surface area contributed by atoms with Crippen molar-refractivity contribution in [1.29, 1.82) is 0 Å². The topological polar surface area (TPSA) is 0 Å². The molecule has 0 aliphatic heterocycles. The summed E-state index contributed by atoms with van der Waals surface area (Å²) < 4.78 is 0. The molecule has 4 aromatic rings. The summed E-state index contributed by atoms with van der Waals surface area (Å²) >= 11 is 0. The zero-order chi connectivity index (χ0) is 14.5. The molecule has 22 heavy (non-hydrogen) atoms. The van der Waals surface area contributed by atoms with Crippen LogP contribution in [0.2, 0.25) is 0 Å². The van der Waals surface area contributed by atoms with Gasteiger partial charge in [-0.2, -0.15) is 0 Å². The van der Waals surface area contributed by atoms with Crippen molar-refractivity contribution in [2.75, 3.05) is 0 Å². The summed E-state index contributed by atoms with van der Waals surface area (Å²) in [5.41, 5.74) is 8.03. The van der Waals surface area contributed by atoms with Crippen molar-refractivity contribution in [2.45, 2.75) is 0 Å². The quantitative estimate of drug-likeness (QED) is 0.345. The van der Waals surface area contributed by atoms with Gasteiger partial charge in [-0.25, -0.2) is 0 Å². The van der Waals surface area contributed by atoms with E-state index in [1.807, 2.05) is 0 Å². The molecule has 0 unspecified atom stereocenters. The summed E-state index contributed by atoms with van der Waals surface area (Å²) in [6.07, 6.45) is 0. The Morgan fingerprint density at radius 3 is 1.73 bits per heavy atom. The first-order valence-corrected chi connectivity index (χ1v) is 7.64. The van der Waals surface area contributed by atoms with E-state index in [-0.39, 0.29) is 0 Å². The highest BCUT2D eigenvalue weighted by atomic mass is 14.2. The van der Waals surface area contributed by atoms with Gasteiger partial charge in [0.15, 0.2) is 0 Å². The lowest BCUT2D eigenvalue weighted by Crippen LogP contribution is -1.82. The Balaban J connectivity index is 1.92. The lowest BCUT2D eigenvalue weighted by atomic mass is 9.94. The van der Waals surface area contributed by atoms with E-state index in [0.29, 0.717) is 0 Å². The molecule has 5 rings (SSSR count). The zero-order valence-corrected chi connectivity index (χ0v) is 12.1. The minimum Gasteiger partial charge on any atom is -0.0622 e. The lowest BCUT2D eigenvalue weighted by Gasteiger charge is -2.09. The third-order valence-corrected chi connectivity index (χ3v) is 4.63. The molecule has 0 N–H and O–H groups in total. The van der Waals surface area contributed by atoms with Crippen LogP contribution < -0.4 is 0 Å². The number of rotatable bonds is 1. The molecule has 102 valence electrons. The maximum Gasteiger partial charge on any atom is -0.00201 e.